The molecular formula is C21H21N3O3S. The normalized spacial score (nSPS) is 16.6. The van der Waals surface area contributed by atoms with Crippen LogP contribution < -0.4 is 4.74 Å². The lowest BCUT2D eigenvalue weighted by Gasteiger charge is -2.16. The molecule has 0 aliphatic carbocycles. The van der Waals surface area contributed by atoms with Gasteiger partial charge in [-0.3, -0.25) is 4.79 Å². The van der Waals surface area contributed by atoms with Crippen LogP contribution >= 0.6 is 11.8 Å². The summed E-state index contributed by atoms with van der Waals surface area (Å²) in [6.45, 7) is 1.19. The van der Waals surface area contributed by atoms with E-state index in [9.17, 15) is 4.79 Å². The molecule has 1 atom stereocenters. The summed E-state index contributed by atoms with van der Waals surface area (Å²) >= 11 is 1.71. The first kappa shape index (κ1) is 18.6. The molecule has 144 valence electrons. The molecule has 7 heteroatoms. The van der Waals surface area contributed by atoms with Crippen molar-refractivity contribution in [3.05, 3.63) is 60.0 Å². The average Bonchev–Trinajstić information content (AvgIpc) is 3.36. The minimum absolute atomic E-state index is 0.0718. The first-order valence-electron chi connectivity index (χ1n) is 9.05. The minimum Gasteiger partial charge on any atom is -0.497 e. The molecule has 0 saturated carbocycles. The van der Waals surface area contributed by atoms with Crippen molar-refractivity contribution in [2.45, 2.75) is 23.8 Å². The Morgan fingerprint density at radius 1 is 1.18 bits per heavy atom. The zero-order valence-corrected chi connectivity index (χ0v) is 16.6. The minimum atomic E-state index is -0.0718. The van der Waals surface area contributed by atoms with Gasteiger partial charge in [-0.15, -0.1) is 11.8 Å². The molecule has 0 spiro atoms. The monoisotopic (exact) mass is 395 g/mol. The van der Waals surface area contributed by atoms with Gasteiger partial charge in [0.25, 0.3) is 0 Å². The standard InChI is InChI=1S/C21H21N3O3S/c1-26-17-7-5-15(6-8-17)20-22-21(27-23-20)16-11-19(25)24(13-16)12-14-3-9-18(28-2)10-4-14/h3-10,16H,11-13H2,1-2H3. The van der Waals surface area contributed by atoms with Crippen LogP contribution in [0, 0.1) is 0 Å². The van der Waals surface area contributed by atoms with Crippen LogP contribution in [0.5, 0.6) is 5.75 Å². The Labute approximate surface area is 167 Å². The van der Waals surface area contributed by atoms with Gasteiger partial charge in [-0.25, -0.2) is 0 Å². The summed E-state index contributed by atoms with van der Waals surface area (Å²) in [4.78, 5) is 20.0. The molecule has 1 aliphatic rings. The molecule has 1 aromatic heterocycles. The van der Waals surface area contributed by atoms with Crippen LogP contribution in [0.25, 0.3) is 11.4 Å². The zero-order valence-electron chi connectivity index (χ0n) is 15.8. The van der Waals surface area contributed by atoms with Gasteiger partial charge in [0.05, 0.1) is 13.0 Å². The number of carbonyl (C=O) groups excluding carboxylic acids is 1. The summed E-state index contributed by atoms with van der Waals surface area (Å²) in [5.41, 5.74) is 1.97. The number of hydrogen-bond acceptors (Lipinski definition) is 6. The van der Waals surface area contributed by atoms with Gasteiger partial charge in [-0.2, -0.15) is 4.98 Å². The topological polar surface area (TPSA) is 68.5 Å². The number of benzene rings is 2. The number of thioether (sulfide) groups is 1. The lowest BCUT2D eigenvalue weighted by Crippen LogP contribution is -2.24. The predicted molar refractivity (Wildman–Crippen MR) is 107 cm³/mol. The van der Waals surface area contributed by atoms with Crippen LogP contribution in [-0.2, 0) is 11.3 Å². The number of rotatable bonds is 6. The third-order valence-corrected chi connectivity index (χ3v) is 5.63. The van der Waals surface area contributed by atoms with E-state index in [0.717, 1.165) is 16.9 Å². The van der Waals surface area contributed by atoms with Crippen molar-refractivity contribution in [2.75, 3.05) is 19.9 Å². The number of methoxy groups -OCH3 is 1. The van der Waals surface area contributed by atoms with E-state index in [-0.39, 0.29) is 11.8 Å². The Hall–Kier alpha value is -2.80. The van der Waals surface area contributed by atoms with E-state index in [0.29, 0.717) is 31.2 Å². The van der Waals surface area contributed by atoms with E-state index in [1.165, 1.54) is 4.90 Å². The van der Waals surface area contributed by atoms with Crippen molar-refractivity contribution < 1.29 is 14.1 Å². The quantitative estimate of drug-likeness (QED) is 0.588. The highest BCUT2D eigenvalue weighted by Gasteiger charge is 2.34. The summed E-state index contributed by atoms with van der Waals surface area (Å²) in [7, 11) is 1.63. The molecule has 3 aromatic rings. The smallest absolute Gasteiger partial charge is 0.232 e. The van der Waals surface area contributed by atoms with Crippen molar-refractivity contribution in [3.8, 4) is 17.1 Å². The van der Waals surface area contributed by atoms with Gasteiger partial charge in [0.15, 0.2) is 0 Å². The molecule has 1 amide bonds. The number of aromatic nitrogens is 2. The molecule has 28 heavy (non-hydrogen) atoms. The molecule has 1 aliphatic heterocycles. The summed E-state index contributed by atoms with van der Waals surface area (Å²) in [5.74, 6) is 1.85. The maximum atomic E-state index is 12.5. The lowest BCUT2D eigenvalue weighted by atomic mass is 10.1. The molecule has 1 unspecified atom stereocenters. The first-order valence-corrected chi connectivity index (χ1v) is 10.3. The molecule has 1 fully saturated rings. The molecule has 0 radical (unpaired) electrons. The lowest BCUT2D eigenvalue weighted by molar-refractivity contribution is -0.128. The van der Waals surface area contributed by atoms with Gasteiger partial charge >= 0.3 is 0 Å². The van der Waals surface area contributed by atoms with Gasteiger partial charge in [0.1, 0.15) is 5.75 Å². The average molecular weight is 395 g/mol. The van der Waals surface area contributed by atoms with Crippen molar-refractivity contribution in [3.63, 3.8) is 0 Å². The molecule has 2 aromatic carbocycles. The second-order valence-corrected chi connectivity index (χ2v) is 7.59. The Morgan fingerprint density at radius 3 is 2.61 bits per heavy atom. The molecule has 4 rings (SSSR count). The highest BCUT2D eigenvalue weighted by molar-refractivity contribution is 7.98. The second-order valence-electron chi connectivity index (χ2n) is 6.71. The Morgan fingerprint density at radius 2 is 1.93 bits per heavy atom. The molecule has 2 heterocycles. The largest absolute Gasteiger partial charge is 0.497 e. The van der Waals surface area contributed by atoms with E-state index < -0.39 is 0 Å². The van der Waals surface area contributed by atoms with E-state index in [1.54, 1.807) is 18.9 Å². The molecule has 1 saturated heterocycles. The first-order chi connectivity index (χ1) is 13.7. The zero-order chi connectivity index (χ0) is 19.5. The third-order valence-electron chi connectivity index (χ3n) is 4.89. The van der Waals surface area contributed by atoms with Gasteiger partial charge in [0, 0.05) is 30.0 Å². The van der Waals surface area contributed by atoms with Crippen LogP contribution in [0.2, 0.25) is 0 Å². The third kappa shape index (κ3) is 3.89. The van der Waals surface area contributed by atoms with Gasteiger partial charge in [0.2, 0.25) is 17.6 Å². The summed E-state index contributed by atoms with van der Waals surface area (Å²) in [6, 6.07) is 15.8. The van der Waals surface area contributed by atoms with Crippen LogP contribution in [0.3, 0.4) is 0 Å². The summed E-state index contributed by atoms with van der Waals surface area (Å²) in [6.07, 6.45) is 2.45. The van der Waals surface area contributed by atoms with Crippen molar-refractivity contribution in [1.29, 1.82) is 0 Å². The number of carbonyl (C=O) groups is 1. The molecule has 0 N–H and O–H groups in total. The van der Waals surface area contributed by atoms with Crippen LogP contribution in [0.1, 0.15) is 23.8 Å². The maximum Gasteiger partial charge on any atom is 0.232 e. The number of hydrogen-bond donors (Lipinski definition) is 0. The van der Waals surface area contributed by atoms with E-state index in [2.05, 4.69) is 34.4 Å². The van der Waals surface area contributed by atoms with Crippen LogP contribution in [-0.4, -0.2) is 40.9 Å². The number of likely N-dealkylation sites (tertiary alicyclic amines) is 1. The van der Waals surface area contributed by atoms with Gasteiger partial charge in [-0.05, 0) is 48.2 Å². The van der Waals surface area contributed by atoms with Crippen molar-refractivity contribution in [2.24, 2.45) is 0 Å². The molecule has 6 nitrogen and oxygen atoms in total. The Kier molecular flexibility index (Phi) is 5.34. The highest BCUT2D eigenvalue weighted by atomic mass is 32.2. The van der Waals surface area contributed by atoms with Crippen molar-refractivity contribution in [1.82, 2.24) is 15.0 Å². The SMILES string of the molecule is COc1ccc(-c2noc(C3CC(=O)N(Cc4ccc(SC)cc4)C3)n2)cc1. The predicted octanol–water partition coefficient (Wildman–Crippen LogP) is 3.98. The van der Waals surface area contributed by atoms with Crippen LogP contribution in [0.15, 0.2) is 57.9 Å². The van der Waals surface area contributed by atoms with E-state index in [1.807, 2.05) is 35.4 Å². The van der Waals surface area contributed by atoms with Gasteiger partial charge < -0.3 is 14.2 Å². The van der Waals surface area contributed by atoms with E-state index >= 15 is 0 Å². The number of ether oxygens (including phenoxy) is 1. The van der Waals surface area contributed by atoms with Gasteiger partial charge in [-0.1, -0.05) is 17.3 Å². The van der Waals surface area contributed by atoms with Crippen molar-refractivity contribution >= 4 is 17.7 Å². The fraction of sp³-hybridized carbons (Fsp3) is 0.286. The molecule has 0 bridgehead atoms. The highest BCUT2D eigenvalue weighted by Crippen LogP contribution is 2.30. The summed E-state index contributed by atoms with van der Waals surface area (Å²) < 4.78 is 10.6. The maximum absolute atomic E-state index is 12.5. The number of amides is 1. The Bertz CT molecular complexity index is 954. The number of nitrogens with zero attached hydrogens (tertiary/aromatic N) is 3. The fourth-order valence-corrected chi connectivity index (χ4v) is 3.71. The second kappa shape index (κ2) is 8.06. The summed E-state index contributed by atoms with van der Waals surface area (Å²) in [5, 5.41) is 4.08. The Balaban J connectivity index is 1.44. The fourth-order valence-electron chi connectivity index (χ4n) is 3.30. The van der Waals surface area contributed by atoms with E-state index in [4.69, 9.17) is 9.26 Å². The molecular weight excluding hydrogens is 374 g/mol. The van der Waals surface area contributed by atoms with Crippen LogP contribution in [0.4, 0.5) is 0 Å².